The van der Waals surface area contributed by atoms with Gasteiger partial charge < -0.3 is 40.5 Å². The van der Waals surface area contributed by atoms with Crippen LogP contribution in [0.25, 0.3) is 11.1 Å². The summed E-state index contributed by atoms with van der Waals surface area (Å²) in [5.74, 6) is -0.491. The second-order valence-corrected chi connectivity index (χ2v) is 13.6. The summed E-state index contributed by atoms with van der Waals surface area (Å²) < 4.78 is 12.8. The van der Waals surface area contributed by atoms with E-state index in [1.165, 1.54) is 4.90 Å². The van der Waals surface area contributed by atoms with Crippen molar-refractivity contribution >= 4 is 35.0 Å². The van der Waals surface area contributed by atoms with Crippen molar-refractivity contribution in [1.82, 2.24) is 9.88 Å². The van der Waals surface area contributed by atoms with Crippen molar-refractivity contribution in [1.29, 1.82) is 0 Å². The number of ether oxygens (including phenoxy) is 2. The maximum atomic E-state index is 12.7. The summed E-state index contributed by atoms with van der Waals surface area (Å²) in [6.45, 7) is -0.724. The Balaban J connectivity index is 1.18. The van der Waals surface area contributed by atoms with E-state index in [4.69, 9.17) is 43.5 Å². The molecule has 1 heterocycles. The fourth-order valence-corrected chi connectivity index (χ4v) is 6.31. The predicted octanol–water partition coefficient (Wildman–Crippen LogP) is 3.90. The van der Waals surface area contributed by atoms with Crippen LogP contribution in [-0.2, 0) is 33.0 Å². The van der Waals surface area contributed by atoms with Crippen molar-refractivity contribution in [3.63, 3.8) is 0 Å². The number of hydrogen-bond acceptors (Lipinski definition) is 9. The molecule has 2 saturated carbocycles. The molecule has 0 radical (unpaired) electrons. The lowest BCUT2D eigenvalue weighted by Gasteiger charge is -2.25. The van der Waals surface area contributed by atoms with Crippen molar-refractivity contribution in [3.05, 3.63) is 81.6 Å². The van der Waals surface area contributed by atoms with Gasteiger partial charge >= 0.3 is 0 Å². The number of aryl methyl sites for hydroxylation is 1. The number of para-hydroxylation sites is 1. The lowest BCUT2D eigenvalue weighted by molar-refractivity contribution is -0.140. The first-order valence-corrected chi connectivity index (χ1v) is 17.3. The average molecular weight is 717 g/mol. The summed E-state index contributed by atoms with van der Waals surface area (Å²) in [5, 5.41) is 39.5. The van der Waals surface area contributed by atoms with Gasteiger partial charge in [0.15, 0.2) is 0 Å². The zero-order valence-electron chi connectivity index (χ0n) is 27.1. The smallest absolute Gasteiger partial charge is 0.237 e. The molecule has 5 rings (SSSR count). The van der Waals surface area contributed by atoms with Crippen molar-refractivity contribution in [3.8, 4) is 16.9 Å². The number of halogens is 2. The van der Waals surface area contributed by atoms with Crippen LogP contribution in [-0.4, -0.2) is 86.2 Å². The third-order valence-corrected chi connectivity index (χ3v) is 9.62. The van der Waals surface area contributed by atoms with Gasteiger partial charge in [-0.1, -0.05) is 41.4 Å². The molecule has 264 valence electrons. The molecule has 0 spiro atoms. The first kappa shape index (κ1) is 37.0. The predicted molar refractivity (Wildman–Crippen MR) is 184 cm³/mol. The van der Waals surface area contributed by atoms with Crippen LogP contribution in [0.4, 0.5) is 0 Å². The Morgan fingerprint density at radius 3 is 2.41 bits per heavy atom. The van der Waals surface area contributed by atoms with Crippen LogP contribution in [0.5, 0.6) is 5.75 Å². The minimum absolute atomic E-state index is 0.167. The van der Waals surface area contributed by atoms with Crippen molar-refractivity contribution in [2.75, 3.05) is 19.7 Å². The molecule has 49 heavy (non-hydrogen) atoms. The first-order valence-electron chi connectivity index (χ1n) is 16.5. The lowest BCUT2D eigenvalue weighted by atomic mass is 9.96. The van der Waals surface area contributed by atoms with Crippen LogP contribution in [0.1, 0.15) is 61.6 Å². The third-order valence-electron chi connectivity index (χ3n) is 8.91. The second kappa shape index (κ2) is 16.6. The number of benzene rings is 2. The number of aromatic nitrogens is 1. The van der Waals surface area contributed by atoms with Crippen LogP contribution >= 0.6 is 23.2 Å². The molecule has 11 nitrogen and oxygen atoms in total. The third kappa shape index (κ3) is 9.70. The highest BCUT2D eigenvalue weighted by Gasteiger charge is 2.48. The summed E-state index contributed by atoms with van der Waals surface area (Å²) in [4.78, 5) is 29.9. The van der Waals surface area contributed by atoms with Crippen LogP contribution in [0.15, 0.2) is 54.9 Å². The number of pyridine rings is 1. The van der Waals surface area contributed by atoms with Crippen molar-refractivity contribution < 1.29 is 39.5 Å². The molecule has 2 aromatic carbocycles. The molecule has 0 aliphatic heterocycles. The first-order chi connectivity index (χ1) is 23.5. The van der Waals surface area contributed by atoms with Gasteiger partial charge in [0, 0.05) is 40.1 Å². The number of nitrogens with zero attached hydrogens (tertiary/aromatic N) is 2. The Labute approximate surface area is 295 Å². The summed E-state index contributed by atoms with van der Waals surface area (Å²) in [5.41, 5.74) is 9.47. The molecule has 13 heteroatoms. The van der Waals surface area contributed by atoms with E-state index >= 15 is 0 Å². The maximum Gasteiger partial charge on any atom is 0.237 e. The molecule has 3 unspecified atom stereocenters. The van der Waals surface area contributed by atoms with Gasteiger partial charge in [-0.25, -0.2) is 0 Å². The second-order valence-electron chi connectivity index (χ2n) is 12.8. The van der Waals surface area contributed by atoms with Crippen LogP contribution < -0.4 is 10.5 Å². The minimum atomic E-state index is -1.72. The Hall–Kier alpha value is -3.29. The largest absolute Gasteiger partial charge is 0.490 e. The van der Waals surface area contributed by atoms with Gasteiger partial charge in [-0.2, -0.15) is 0 Å². The Morgan fingerprint density at radius 1 is 1.00 bits per heavy atom. The molecule has 0 bridgehead atoms. The van der Waals surface area contributed by atoms with Gasteiger partial charge in [0.2, 0.25) is 11.8 Å². The zero-order chi connectivity index (χ0) is 35.1. The van der Waals surface area contributed by atoms with E-state index < -0.39 is 48.8 Å². The number of aliphatic hydroxyl groups excluding tert-OH is 4. The number of aliphatic hydroxyl groups is 4. The molecular formula is C36H43Cl2N3O8. The Kier molecular flexibility index (Phi) is 12.5. The van der Waals surface area contributed by atoms with Gasteiger partial charge in [-0.15, -0.1) is 0 Å². The number of primary amides is 1. The summed E-state index contributed by atoms with van der Waals surface area (Å²) in [7, 11) is 0. The lowest BCUT2D eigenvalue weighted by Crippen LogP contribution is -2.45. The number of unbranched alkanes of at least 4 members (excludes halogenated alkanes) is 1. The molecule has 1 aromatic heterocycles. The topological polar surface area (TPSA) is 176 Å². The van der Waals surface area contributed by atoms with Crippen LogP contribution in [0, 0.1) is 0 Å². The number of rotatable bonds is 19. The highest BCUT2D eigenvalue weighted by molar-refractivity contribution is 6.34. The van der Waals surface area contributed by atoms with Crippen LogP contribution in [0.3, 0.4) is 0 Å². The van der Waals surface area contributed by atoms with Gasteiger partial charge in [-0.3, -0.25) is 14.6 Å². The summed E-state index contributed by atoms with van der Waals surface area (Å²) in [6, 6.07) is 13.7. The number of nitrogens with two attached hydrogens (primary N) is 1. The fraction of sp³-hybridized carbons (Fsp3) is 0.472. The normalized spacial score (nSPS) is 16.9. The van der Waals surface area contributed by atoms with Gasteiger partial charge in [0.25, 0.3) is 0 Å². The van der Waals surface area contributed by atoms with E-state index in [1.54, 1.807) is 6.20 Å². The molecule has 2 aliphatic rings. The Bertz CT molecular complexity index is 1620. The van der Waals surface area contributed by atoms with E-state index in [2.05, 4.69) is 11.1 Å². The molecule has 0 saturated heterocycles. The number of carbonyl (C=O) groups excluding carboxylic acids is 2. The minimum Gasteiger partial charge on any atom is -0.490 e. The van der Waals surface area contributed by atoms with E-state index in [0.29, 0.717) is 29.3 Å². The monoisotopic (exact) mass is 715 g/mol. The number of hydrogen-bond donors (Lipinski definition) is 5. The number of amides is 2. The number of carbonyl (C=O) groups is 2. The maximum absolute atomic E-state index is 12.7. The summed E-state index contributed by atoms with van der Waals surface area (Å²) >= 11 is 13.4. The highest BCUT2D eigenvalue weighted by Crippen LogP contribution is 2.53. The Morgan fingerprint density at radius 2 is 1.71 bits per heavy atom. The van der Waals surface area contributed by atoms with E-state index in [1.807, 2.05) is 42.6 Å². The quantitative estimate of drug-likeness (QED) is 0.115. The van der Waals surface area contributed by atoms with Crippen molar-refractivity contribution in [2.45, 2.75) is 88.0 Å². The van der Waals surface area contributed by atoms with E-state index in [9.17, 15) is 24.9 Å². The molecule has 6 N–H and O–H groups in total. The standard InChI is InChI=1S/C36H43Cl2N3O8/c37-28-16-23(21-48-36(11-12-36)27-18-40-13-10-25(27)26-6-1-2-7-32(26)49-24-8-9-24)29(38)15-22(28)5-3-4-14-41(19-33(39)45)34(46)17-30(43)35(47)31(44)20-42/h1-2,6-7,10,13,15-16,18,24,30-31,35,42-44,47H,3-5,8-9,11-12,14,17,19-21H2,(H2,39,45). The SMILES string of the molecule is NC(=O)CN(CCCCc1cc(Cl)c(COC2(c3cnccc3-c3ccccc3OC3CC3)CC2)cc1Cl)C(=O)CC(O)C(O)C(O)CO. The molecule has 3 aromatic rings. The molecule has 2 amide bonds. The summed E-state index contributed by atoms with van der Waals surface area (Å²) in [6.07, 6.45) is 3.90. The van der Waals surface area contributed by atoms with Gasteiger partial charge in [0.1, 0.15) is 18.0 Å². The van der Waals surface area contributed by atoms with Crippen molar-refractivity contribution in [2.24, 2.45) is 5.73 Å². The van der Waals surface area contributed by atoms with Gasteiger partial charge in [-0.05, 0) is 85.9 Å². The molecule has 2 aliphatic carbocycles. The molecular weight excluding hydrogens is 673 g/mol. The zero-order valence-corrected chi connectivity index (χ0v) is 28.7. The van der Waals surface area contributed by atoms with E-state index in [0.717, 1.165) is 59.3 Å². The average Bonchev–Trinajstić information content (AvgIpc) is 4.03. The molecule has 3 atom stereocenters. The highest BCUT2D eigenvalue weighted by atomic mass is 35.5. The van der Waals surface area contributed by atoms with Gasteiger partial charge in [0.05, 0.1) is 44.0 Å². The fourth-order valence-electron chi connectivity index (χ4n) is 5.79. The molecule has 2 fully saturated rings. The van der Waals surface area contributed by atoms with E-state index in [-0.39, 0.29) is 25.8 Å². The van der Waals surface area contributed by atoms with Crippen LogP contribution in [0.2, 0.25) is 10.0 Å².